The Morgan fingerprint density at radius 1 is 1.20 bits per heavy atom. The molecule has 0 aliphatic carbocycles. The molecular formula is C11H10O4. The van der Waals surface area contributed by atoms with Gasteiger partial charge in [-0.1, -0.05) is 18.2 Å². The summed E-state index contributed by atoms with van der Waals surface area (Å²) in [5, 5.41) is 17.5. The smallest absolute Gasteiger partial charge is 0.336 e. The molecule has 15 heavy (non-hydrogen) atoms. The van der Waals surface area contributed by atoms with Gasteiger partial charge in [0.2, 0.25) is 0 Å². The van der Waals surface area contributed by atoms with Crippen LogP contribution >= 0.6 is 0 Å². The molecule has 0 fully saturated rings. The minimum Gasteiger partial charge on any atom is -0.478 e. The molecule has 1 aromatic rings. The molecular weight excluding hydrogens is 196 g/mol. The summed E-state index contributed by atoms with van der Waals surface area (Å²) in [7, 11) is 0. The number of carboxylic acids is 2. The lowest BCUT2D eigenvalue weighted by atomic mass is 10.1. The lowest BCUT2D eigenvalue weighted by molar-refractivity contribution is -0.132. The van der Waals surface area contributed by atoms with E-state index >= 15 is 0 Å². The zero-order valence-corrected chi connectivity index (χ0v) is 8.10. The molecule has 78 valence electrons. The summed E-state index contributed by atoms with van der Waals surface area (Å²) in [6, 6.07) is 6.25. The van der Waals surface area contributed by atoms with Gasteiger partial charge in [0.15, 0.2) is 0 Å². The molecule has 0 bridgehead atoms. The second-order valence-corrected chi connectivity index (χ2v) is 3.02. The van der Waals surface area contributed by atoms with Crippen LogP contribution in [0.5, 0.6) is 0 Å². The molecule has 0 heterocycles. The molecule has 4 nitrogen and oxygen atoms in total. The van der Waals surface area contributed by atoms with Crippen molar-refractivity contribution in [3.05, 3.63) is 41.0 Å². The standard InChI is InChI=1S/C11H10O4/c1-7(10(12)13)6-8-4-2-3-5-9(8)11(14)15/h2-6H,1H3,(H,12,13)(H,14,15)/b7-6-. The van der Waals surface area contributed by atoms with Crippen molar-refractivity contribution in [2.75, 3.05) is 0 Å². The van der Waals surface area contributed by atoms with E-state index in [2.05, 4.69) is 0 Å². The van der Waals surface area contributed by atoms with Crippen LogP contribution in [0.25, 0.3) is 6.08 Å². The maximum absolute atomic E-state index is 10.8. The van der Waals surface area contributed by atoms with Crippen LogP contribution in [0, 0.1) is 0 Å². The van der Waals surface area contributed by atoms with E-state index in [0.29, 0.717) is 5.56 Å². The second-order valence-electron chi connectivity index (χ2n) is 3.02. The largest absolute Gasteiger partial charge is 0.478 e. The fourth-order valence-electron chi connectivity index (χ4n) is 1.11. The normalized spacial score (nSPS) is 11.1. The predicted octanol–water partition coefficient (Wildman–Crippen LogP) is 1.87. The molecule has 1 rings (SSSR count). The third-order valence-corrected chi connectivity index (χ3v) is 1.90. The van der Waals surface area contributed by atoms with Gasteiger partial charge in [-0.05, 0) is 24.6 Å². The molecule has 0 saturated carbocycles. The van der Waals surface area contributed by atoms with Gasteiger partial charge in [-0.2, -0.15) is 0 Å². The first kappa shape index (κ1) is 11.0. The van der Waals surface area contributed by atoms with Crippen LogP contribution in [0.15, 0.2) is 29.8 Å². The summed E-state index contributed by atoms with van der Waals surface area (Å²) >= 11 is 0. The first-order chi connectivity index (χ1) is 7.02. The van der Waals surface area contributed by atoms with Gasteiger partial charge in [-0.15, -0.1) is 0 Å². The number of aromatic carboxylic acids is 1. The lowest BCUT2D eigenvalue weighted by Gasteiger charge is -2.00. The highest BCUT2D eigenvalue weighted by Gasteiger charge is 2.08. The summed E-state index contributed by atoms with van der Waals surface area (Å²) < 4.78 is 0. The Morgan fingerprint density at radius 2 is 1.80 bits per heavy atom. The average molecular weight is 206 g/mol. The van der Waals surface area contributed by atoms with Gasteiger partial charge in [0.1, 0.15) is 0 Å². The fourth-order valence-corrected chi connectivity index (χ4v) is 1.11. The van der Waals surface area contributed by atoms with Gasteiger partial charge < -0.3 is 10.2 Å². The third-order valence-electron chi connectivity index (χ3n) is 1.90. The zero-order chi connectivity index (χ0) is 11.4. The predicted molar refractivity (Wildman–Crippen MR) is 54.7 cm³/mol. The van der Waals surface area contributed by atoms with Crippen molar-refractivity contribution in [2.45, 2.75) is 6.92 Å². The molecule has 0 saturated heterocycles. The first-order valence-electron chi connectivity index (χ1n) is 4.26. The van der Waals surface area contributed by atoms with Gasteiger partial charge >= 0.3 is 11.9 Å². The van der Waals surface area contributed by atoms with E-state index in [9.17, 15) is 9.59 Å². The van der Waals surface area contributed by atoms with Gasteiger partial charge in [0.25, 0.3) is 0 Å². The van der Waals surface area contributed by atoms with Crippen molar-refractivity contribution in [1.29, 1.82) is 0 Å². The second kappa shape index (κ2) is 4.41. The van der Waals surface area contributed by atoms with Crippen molar-refractivity contribution in [3.8, 4) is 0 Å². The highest BCUT2D eigenvalue weighted by atomic mass is 16.4. The van der Waals surface area contributed by atoms with Crippen molar-refractivity contribution >= 4 is 18.0 Å². The maximum Gasteiger partial charge on any atom is 0.336 e. The molecule has 0 amide bonds. The summed E-state index contributed by atoms with van der Waals surface area (Å²) in [4.78, 5) is 21.4. The van der Waals surface area contributed by atoms with Crippen LogP contribution in [0.3, 0.4) is 0 Å². The van der Waals surface area contributed by atoms with E-state index in [4.69, 9.17) is 10.2 Å². The van der Waals surface area contributed by atoms with Crippen molar-refractivity contribution in [1.82, 2.24) is 0 Å². The molecule has 0 unspecified atom stereocenters. The molecule has 0 radical (unpaired) electrons. The van der Waals surface area contributed by atoms with Gasteiger partial charge in [-0.3, -0.25) is 0 Å². The molecule has 1 aromatic carbocycles. The minimum atomic E-state index is -1.07. The number of aliphatic carboxylic acids is 1. The Morgan fingerprint density at radius 3 is 2.33 bits per heavy atom. The number of benzene rings is 1. The first-order valence-corrected chi connectivity index (χ1v) is 4.26. The lowest BCUT2D eigenvalue weighted by Crippen LogP contribution is -2.01. The number of hydrogen-bond acceptors (Lipinski definition) is 2. The van der Waals surface area contributed by atoms with Crippen LogP contribution in [0.1, 0.15) is 22.8 Å². The topological polar surface area (TPSA) is 74.6 Å². The monoisotopic (exact) mass is 206 g/mol. The Hall–Kier alpha value is -2.10. The van der Waals surface area contributed by atoms with Gasteiger partial charge in [-0.25, -0.2) is 9.59 Å². The van der Waals surface area contributed by atoms with Crippen molar-refractivity contribution in [2.24, 2.45) is 0 Å². The van der Waals surface area contributed by atoms with E-state index in [1.807, 2.05) is 0 Å². The van der Waals surface area contributed by atoms with Crippen LogP contribution in [-0.4, -0.2) is 22.2 Å². The van der Waals surface area contributed by atoms with Crippen molar-refractivity contribution in [3.63, 3.8) is 0 Å². The summed E-state index contributed by atoms with van der Waals surface area (Å²) in [6.45, 7) is 1.42. The minimum absolute atomic E-state index is 0.0955. The van der Waals surface area contributed by atoms with E-state index in [1.165, 1.54) is 19.1 Å². The summed E-state index contributed by atoms with van der Waals surface area (Å²) in [6.07, 6.45) is 1.34. The molecule has 0 spiro atoms. The third kappa shape index (κ3) is 2.67. The Kier molecular flexibility index (Phi) is 3.23. The number of carbonyl (C=O) groups is 2. The quantitative estimate of drug-likeness (QED) is 0.740. The van der Waals surface area contributed by atoms with E-state index in [0.717, 1.165) is 0 Å². The highest BCUT2D eigenvalue weighted by molar-refractivity contribution is 5.96. The molecule has 0 atom stereocenters. The average Bonchev–Trinajstić information content (AvgIpc) is 2.18. The number of hydrogen-bond donors (Lipinski definition) is 2. The molecule has 0 aliphatic rings. The van der Waals surface area contributed by atoms with Crippen LogP contribution in [-0.2, 0) is 4.79 Å². The van der Waals surface area contributed by atoms with Crippen LogP contribution in [0.2, 0.25) is 0 Å². The molecule has 0 aliphatic heterocycles. The number of carboxylic acid groups (broad SMARTS) is 2. The molecule has 2 N–H and O–H groups in total. The maximum atomic E-state index is 10.8. The Bertz CT molecular complexity index is 432. The zero-order valence-electron chi connectivity index (χ0n) is 8.10. The van der Waals surface area contributed by atoms with E-state index in [1.54, 1.807) is 18.2 Å². The number of rotatable bonds is 3. The van der Waals surface area contributed by atoms with Gasteiger partial charge in [0.05, 0.1) is 5.56 Å². The molecule has 0 aromatic heterocycles. The van der Waals surface area contributed by atoms with E-state index < -0.39 is 11.9 Å². The SMILES string of the molecule is C/C(=C/c1ccccc1C(=O)O)C(=O)O. The molecule has 4 heteroatoms. The fraction of sp³-hybridized carbons (Fsp3) is 0.0909. The Balaban J connectivity index is 3.20. The van der Waals surface area contributed by atoms with Gasteiger partial charge in [0, 0.05) is 5.57 Å². The van der Waals surface area contributed by atoms with Crippen LogP contribution in [0.4, 0.5) is 0 Å². The Labute approximate surface area is 86.5 Å². The highest BCUT2D eigenvalue weighted by Crippen LogP contribution is 2.13. The van der Waals surface area contributed by atoms with Crippen molar-refractivity contribution < 1.29 is 19.8 Å². The summed E-state index contributed by atoms with van der Waals surface area (Å²) in [5.74, 6) is -2.13. The van der Waals surface area contributed by atoms with Crippen LogP contribution < -0.4 is 0 Å². The van der Waals surface area contributed by atoms with E-state index in [-0.39, 0.29) is 11.1 Å². The summed E-state index contributed by atoms with van der Waals surface area (Å²) in [5.41, 5.74) is 0.590.